The van der Waals surface area contributed by atoms with Crippen molar-refractivity contribution >= 4 is 5.91 Å². The van der Waals surface area contributed by atoms with Crippen LogP contribution in [0, 0.1) is 27.7 Å². The Kier molecular flexibility index (Phi) is 4.91. The molecule has 0 heterocycles. The van der Waals surface area contributed by atoms with E-state index in [0.29, 0.717) is 6.54 Å². The lowest BCUT2D eigenvalue weighted by atomic mass is 9.92. The van der Waals surface area contributed by atoms with Gasteiger partial charge in [0.2, 0.25) is 5.91 Å². The molecule has 0 aliphatic rings. The summed E-state index contributed by atoms with van der Waals surface area (Å²) in [6, 6.07) is 2.24. The van der Waals surface area contributed by atoms with Gasteiger partial charge in [0.15, 0.2) is 0 Å². The second-order valence-electron chi connectivity index (χ2n) is 5.19. The van der Waals surface area contributed by atoms with Gasteiger partial charge in [-0.25, -0.2) is 0 Å². The SMILES string of the molecule is Cc1cc(C)c(C)c(CCN(C)CC(N)=O)c1C. The van der Waals surface area contributed by atoms with E-state index in [9.17, 15) is 4.79 Å². The van der Waals surface area contributed by atoms with Crippen LogP contribution in [0.4, 0.5) is 0 Å². The van der Waals surface area contributed by atoms with E-state index in [4.69, 9.17) is 5.73 Å². The summed E-state index contributed by atoms with van der Waals surface area (Å²) in [5, 5.41) is 0. The fourth-order valence-electron chi connectivity index (χ4n) is 2.32. The molecule has 0 atom stereocenters. The van der Waals surface area contributed by atoms with Crippen molar-refractivity contribution in [3.63, 3.8) is 0 Å². The number of hydrogen-bond acceptors (Lipinski definition) is 2. The first-order valence-corrected chi connectivity index (χ1v) is 6.36. The van der Waals surface area contributed by atoms with Gasteiger partial charge in [0.1, 0.15) is 0 Å². The van der Waals surface area contributed by atoms with E-state index in [-0.39, 0.29) is 5.91 Å². The highest BCUT2D eigenvalue weighted by molar-refractivity contribution is 5.75. The van der Waals surface area contributed by atoms with E-state index in [0.717, 1.165) is 13.0 Å². The minimum atomic E-state index is -0.272. The van der Waals surface area contributed by atoms with E-state index in [1.165, 1.54) is 27.8 Å². The van der Waals surface area contributed by atoms with Crippen molar-refractivity contribution in [2.24, 2.45) is 5.73 Å². The monoisotopic (exact) mass is 248 g/mol. The Labute approximate surface area is 110 Å². The Morgan fingerprint density at radius 3 is 2.11 bits per heavy atom. The molecule has 0 aliphatic carbocycles. The first-order chi connectivity index (χ1) is 8.32. The number of hydrogen-bond donors (Lipinski definition) is 1. The van der Waals surface area contributed by atoms with Crippen molar-refractivity contribution in [2.75, 3.05) is 20.1 Å². The van der Waals surface area contributed by atoms with Gasteiger partial charge in [-0.15, -0.1) is 0 Å². The van der Waals surface area contributed by atoms with Gasteiger partial charge in [0.05, 0.1) is 6.54 Å². The normalized spacial score (nSPS) is 11.0. The van der Waals surface area contributed by atoms with Crippen LogP contribution >= 0.6 is 0 Å². The highest BCUT2D eigenvalue weighted by atomic mass is 16.1. The molecular weight excluding hydrogens is 224 g/mol. The summed E-state index contributed by atoms with van der Waals surface area (Å²) in [5.41, 5.74) is 12.0. The van der Waals surface area contributed by atoms with Crippen LogP contribution in [0.5, 0.6) is 0 Å². The van der Waals surface area contributed by atoms with Crippen LogP contribution < -0.4 is 5.73 Å². The average molecular weight is 248 g/mol. The Morgan fingerprint density at radius 1 is 1.17 bits per heavy atom. The van der Waals surface area contributed by atoms with Crippen molar-refractivity contribution in [3.8, 4) is 0 Å². The molecule has 2 N–H and O–H groups in total. The van der Waals surface area contributed by atoms with Crippen LogP contribution in [-0.2, 0) is 11.2 Å². The van der Waals surface area contributed by atoms with Crippen molar-refractivity contribution in [3.05, 3.63) is 33.9 Å². The molecular formula is C15H24N2O. The average Bonchev–Trinajstić information content (AvgIpc) is 2.25. The van der Waals surface area contributed by atoms with Crippen molar-refractivity contribution in [2.45, 2.75) is 34.1 Å². The molecule has 0 saturated carbocycles. The molecule has 18 heavy (non-hydrogen) atoms. The second kappa shape index (κ2) is 6.01. The zero-order valence-corrected chi connectivity index (χ0v) is 12.1. The minimum absolute atomic E-state index is 0.272. The number of rotatable bonds is 5. The quantitative estimate of drug-likeness (QED) is 0.865. The van der Waals surface area contributed by atoms with Gasteiger partial charge in [0.25, 0.3) is 0 Å². The van der Waals surface area contributed by atoms with Gasteiger partial charge in [-0.1, -0.05) is 6.07 Å². The molecule has 0 saturated heterocycles. The lowest BCUT2D eigenvalue weighted by Crippen LogP contribution is -2.32. The van der Waals surface area contributed by atoms with Gasteiger partial charge in [-0.3, -0.25) is 9.69 Å². The third kappa shape index (κ3) is 3.57. The fourth-order valence-corrected chi connectivity index (χ4v) is 2.32. The lowest BCUT2D eigenvalue weighted by molar-refractivity contribution is -0.118. The maximum Gasteiger partial charge on any atom is 0.231 e. The molecule has 1 aromatic rings. The third-order valence-corrected chi connectivity index (χ3v) is 3.69. The maximum absolute atomic E-state index is 10.8. The summed E-state index contributed by atoms with van der Waals surface area (Å²) in [7, 11) is 1.93. The van der Waals surface area contributed by atoms with E-state index in [1.54, 1.807) is 0 Å². The zero-order valence-electron chi connectivity index (χ0n) is 12.1. The zero-order chi connectivity index (χ0) is 13.9. The van der Waals surface area contributed by atoms with Crippen LogP contribution in [0.2, 0.25) is 0 Å². The minimum Gasteiger partial charge on any atom is -0.369 e. The number of amides is 1. The first kappa shape index (κ1) is 14.7. The van der Waals surface area contributed by atoms with Crippen LogP contribution in [0.15, 0.2) is 6.07 Å². The summed E-state index contributed by atoms with van der Waals surface area (Å²) in [4.78, 5) is 12.8. The van der Waals surface area contributed by atoms with Crippen molar-refractivity contribution in [1.29, 1.82) is 0 Å². The molecule has 1 rings (SSSR count). The number of carbonyl (C=O) groups is 1. The Balaban J connectivity index is 2.82. The molecule has 0 aromatic heterocycles. The molecule has 0 bridgehead atoms. The van der Waals surface area contributed by atoms with Gasteiger partial charge in [-0.2, -0.15) is 0 Å². The number of benzene rings is 1. The standard InChI is InChI=1S/C15H24N2O/c1-10-8-11(2)13(4)14(12(10)3)6-7-17(5)9-15(16)18/h8H,6-7,9H2,1-5H3,(H2,16,18). The number of likely N-dealkylation sites (N-methyl/N-ethyl adjacent to an activating group) is 1. The van der Waals surface area contributed by atoms with Gasteiger partial charge in [0, 0.05) is 6.54 Å². The smallest absolute Gasteiger partial charge is 0.231 e. The van der Waals surface area contributed by atoms with Crippen LogP contribution in [0.1, 0.15) is 27.8 Å². The molecule has 0 spiro atoms. The molecule has 3 nitrogen and oxygen atoms in total. The molecule has 0 fully saturated rings. The Morgan fingerprint density at radius 2 is 1.67 bits per heavy atom. The summed E-state index contributed by atoms with van der Waals surface area (Å²) in [6.07, 6.45) is 0.962. The largest absolute Gasteiger partial charge is 0.369 e. The Bertz CT molecular complexity index is 426. The number of aryl methyl sites for hydroxylation is 2. The maximum atomic E-state index is 10.8. The van der Waals surface area contributed by atoms with Gasteiger partial charge in [-0.05, 0) is 69.0 Å². The number of primary amides is 1. The van der Waals surface area contributed by atoms with Crippen LogP contribution in [0.25, 0.3) is 0 Å². The fraction of sp³-hybridized carbons (Fsp3) is 0.533. The molecule has 1 amide bonds. The van der Waals surface area contributed by atoms with Gasteiger partial charge < -0.3 is 5.73 Å². The summed E-state index contributed by atoms with van der Waals surface area (Å²) < 4.78 is 0. The van der Waals surface area contributed by atoms with E-state index in [2.05, 4.69) is 33.8 Å². The van der Waals surface area contributed by atoms with Crippen LogP contribution in [0.3, 0.4) is 0 Å². The highest BCUT2D eigenvalue weighted by Gasteiger charge is 2.10. The van der Waals surface area contributed by atoms with Crippen LogP contribution in [-0.4, -0.2) is 30.9 Å². The first-order valence-electron chi connectivity index (χ1n) is 6.36. The second-order valence-corrected chi connectivity index (χ2v) is 5.19. The number of nitrogens with two attached hydrogens (primary N) is 1. The summed E-state index contributed by atoms with van der Waals surface area (Å²) in [5.74, 6) is -0.272. The van der Waals surface area contributed by atoms with E-state index in [1.807, 2.05) is 11.9 Å². The molecule has 100 valence electrons. The summed E-state index contributed by atoms with van der Waals surface area (Å²) in [6.45, 7) is 9.82. The van der Waals surface area contributed by atoms with E-state index < -0.39 is 0 Å². The number of nitrogens with zero attached hydrogens (tertiary/aromatic N) is 1. The van der Waals surface area contributed by atoms with Crippen molar-refractivity contribution in [1.82, 2.24) is 4.90 Å². The molecule has 0 radical (unpaired) electrons. The molecule has 1 aromatic carbocycles. The molecule has 3 heteroatoms. The predicted octanol–water partition coefficient (Wildman–Crippen LogP) is 1.88. The molecule has 0 unspecified atom stereocenters. The lowest BCUT2D eigenvalue weighted by Gasteiger charge is -2.19. The highest BCUT2D eigenvalue weighted by Crippen LogP contribution is 2.22. The van der Waals surface area contributed by atoms with Gasteiger partial charge >= 0.3 is 0 Å². The third-order valence-electron chi connectivity index (χ3n) is 3.69. The Hall–Kier alpha value is -1.35. The summed E-state index contributed by atoms with van der Waals surface area (Å²) >= 11 is 0. The van der Waals surface area contributed by atoms with E-state index >= 15 is 0 Å². The topological polar surface area (TPSA) is 46.3 Å². The van der Waals surface area contributed by atoms with Crippen molar-refractivity contribution < 1.29 is 4.79 Å². The molecule has 0 aliphatic heterocycles. The number of carbonyl (C=O) groups excluding carboxylic acids is 1. The predicted molar refractivity (Wildman–Crippen MR) is 75.8 cm³/mol.